The maximum absolute atomic E-state index is 10.8. The van der Waals surface area contributed by atoms with Crippen molar-refractivity contribution in [1.82, 2.24) is 0 Å². The Bertz CT molecular complexity index is 108. The highest BCUT2D eigenvalue weighted by atomic mass is 16.7. The minimum atomic E-state index is -0.231. The van der Waals surface area contributed by atoms with E-state index in [-0.39, 0.29) is 12.1 Å². The van der Waals surface area contributed by atoms with Gasteiger partial charge in [-0.3, -0.25) is 4.79 Å². The fourth-order valence-electron chi connectivity index (χ4n) is 0.788. The third-order valence-electron chi connectivity index (χ3n) is 1.58. The first-order chi connectivity index (χ1) is 5.24. The van der Waals surface area contributed by atoms with Crippen LogP contribution in [0, 0.1) is 0 Å². The van der Waals surface area contributed by atoms with Gasteiger partial charge in [0.05, 0.1) is 0 Å². The van der Waals surface area contributed by atoms with Gasteiger partial charge in [-0.1, -0.05) is 6.92 Å². The van der Waals surface area contributed by atoms with Gasteiger partial charge < -0.3 is 9.47 Å². The summed E-state index contributed by atoms with van der Waals surface area (Å²) < 4.78 is 9.84. The van der Waals surface area contributed by atoms with Crippen LogP contribution >= 0.6 is 0 Å². The van der Waals surface area contributed by atoms with Crippen LogP contribution in [0.2, 0.25) is 0 Å². The lowest BCUT2D eigenvalue weighted by Gasteiger charge is -2.11. The molecule has 0 spiro atoms. The first-order valence-corrected chi connectivity index (χ1v) is 3.81. The second-order valence-electron chi connectivity index (χ2n) is 2.33. The molecular weight excluding hydrogens is 144 g/mol. The highest BCUT2D eigenvalue weighted by Gasteiger charge is 2.06. The third-order valence-corrected chi connectivity index (χ3v) is 1.58. The van der Waals surface area contributed by atoms with Gasteiger partial charge in [-0.2, -0.15) is 0 Å². The molecule has 0 aliphatic heterocycles. The molecule has 0 aromatic carbocycles. The number of ketones is 1. The van der Waals surface area contributed by atoms with Crippen LogP contribution in [-0.2, 0) is 14.3 Å². The maximum Gasteiger partial charge on any atom is 0.157 e. The molecule has 0 atom stereocenters. The smallest absolute Gasteiger partial charge is 0.157 e. The Balaban J connectivity index is 3.42. The van der Waals surface area contributed by atoms with E-state index in [1.165, 1.54) is 0 Å². The average molecular weight is 160 g/mol. The summed E-state index contributed by atoms with van der Waals surface area (Å²) >= 11 is 0. The van der Waals surface area contributed by atoms with E-state index in [2.05, 4.69) is 0 Å². The van der Waals surface area contributed by atoms with Gasteiger partial charge in [0, 0.05) is 33.5 Å². The van der Waals surface area contributed by atoms with E-state index >= 15 is 0 Å². The van der Waals surface area contributed by atoms with E-state index in [0.717, 1.165) is 0 Å². The van der Waals surface area contributed by atoms with Gasteiger partial charge in [-0.25, -0.2) is 0 Å². The molecule has 66 valence electrons. The number of hydrogen-bond donors (Lipinski definition) is 0. The second kappa shape index (κ2) is 6.31. The van der Waals surface area contributed by atoms with E-state index in [1.54, 1.807) is 14.2 Å². The standard InChI is InChI=1S/C8H16O3/c1-4-7(9)5-6-8(10-2)11-3/h8H,4-6H2,1-3H3. The molecule has 0 aromatic rings. The predicted molar refractivity (Wildman–Crippen MR) is 42.3 cm³/mol. The molecule has 0 aromatic heterocycles. The Morgan fingerprint density at radius 2 is 1.91 bits per heavy atom. The van der Waals surface area contributed by atoms with Crippen LogP contribution in [0.25, 0.3) is 0 Å². The van der Waals surface area contributed by atoms with Crippen molar-refractivity contribution in [2.45, 2.75) is 32.5 Å². The molecule has 0 aliphatic rings. The molecule has 0 radical (unpaired) electrons. The zero-order chi connectivity index (χ0) is 8.69. The first-order valence-electron chi connectivity index (χ1n) is 3.81. The molecule has 0 aliphatic carbocycles. The van der Waals surface area contributed by atoms with Gasteiger partial charge in [-0.15, -0.1) is 0 Å². The predicted octanol–water partition coefficient (Wildman–Crippen LogP) is 1.36. The molecule has 0 unspecified atom stereocenters. The summed E-state index contributed by atoms with van der Waals surface area (Å²) in [4.78, 5) is 10.8. The molecule has 0 heterocycles. The second-order valence-corrected chi connectivity index (χ2v) is 2.33. The van der Waals surface area contributed by atoms with Crippen LogP contribution in [-0.4, -0.2) is 26.3 Å². The Kier molecular flexibility index (Phi) is 6.07. The molecule has 0 bridgehead atoms. The number of carbonyl (C=O) groups excluding carboxylic acids is 1. The van der Waals surface area contributed by atoms with Crippen molar-refractivity contribution < 1.29 is 14.3 Å². The molecule has 0 amide bonds. The summed E-state index contributed by atoms with van der Waals surface area (Å²) in [6, 6.07) is 0. The molecule has 0 N–H and O–H groups in total. The van der Waals surface area contributed by atoms with Gasteiger partial charge in [0.25, 0.3) is 0 Å². The Morgan fingerprint density at radius 1 is 1.36 bits per heavy atom. The number of Topliss-reactive ketones (excluding diaryl/α,β-unsaturated/α-hetero) is 1. The van der Waals surface area contributed by atoms with Gasteiger partial charge >= 0.3 is 0 Å². The molecule has 0 saturated carbocycles. The molecule has 3 heteroatoms. The van der Waals surface area contributed by atoms with Crippen LogP contribution in [0.15, 0.2) is 0 Å². The van der Waals surface area contributed by atoms with E-state index in [1.807, 2.05) is 6.92 Å². The van der Waals surface area contributed by atoms with Gasteiger partial charge in [0.2, 0.25) is 0 Å². The number of ether oxygens (including phenoxy) is 2. The lowest BCUT2D eigenvalue weighted by molar-refractivity contribution is -0.126. The summed E-state index contributed by atoms with van der Waals surface area (Å²) in [6.45, 7) is 1.86. The van der Waals surface area contributed by atoms with Crippen LogP contribution < -0.4 is 0 Å². The van der Waals surface area contributed by atoms with Crippen molar-refractivity contribution in [3.8, 4) is 0 Å². The van der Waals surface area contributed by atoms with Gasteiger partial charge in [0.15, 0.2) is 6.29 Å². The zero-order valence-corrected chi connectivity index (χ0v) is 7.42. The number of methoxy groups -OCH3 is 2. The average Bonchev–Trinajstić information content (AvgIpc) is 2.06. The summed E-state index contributed by atoms with van der Waals surface area (Å²) in [5.41, 5.74) is 0. The van der Waals surface area contributed by atoms with Crippen LogP contribution in [0.5, 0.6) is 0 Å². The fraction of sp³-hybridized carbons (Fsp3) is 0.875. The summed E-state index contributed by atoms with van der Waals surface area (Å²) in [6.07, 6.45) is 1.56. The third kappa shape index (κ3) is 4.93. The van der Waals surface area contributed by atoms with Crippen molar-refractivity contribution in [1.29, 1.82) is 0 Å². The molecular formula is C8H16O3. The lowest BCUT2D eigenvalue weighted by Crippen LogP contribution is -2.14. The minimum absolute atomic E-state index is 0.231. The minimum Gasteiger partial charge on any atom is -0.356 e. The van der Waals surface area contributed by atoms with E-state index in [9.17, 15) is 4.79 Å². The van der Waals surface area contributed by atoms with Crippen molar-refractivity contribution in [2.75, 3.05) is 14.2 Å². The summed E-state index contributed by atoms with van der Waals surface area (Å²) in [7, 11) is 3.15. The summed E-state index contributed by atoms with van der Waals surface area (Å²) in [5, 5.41) is 0. The largest absolute Gasteiger partial charge is 0.356 e. The van der Waals surface area contributed by atoms with Crippen molar-refractivity contribution >= 4 is 5.78 Å². The monoisotopic (exact) mass is 160 g/mol. The number of hydrogen-bond acceptors (Lipinski definition) is 3. The normalized spacial score (nSPS) is 10.5. The van der Waals surface area contributed by atoms with Crippen molar-refractivity contribution in [2.24, 2.45) is 0 Å². The van der Waals surface area contributed by atoms with E-state index < -0.39 is 0 Å². The van der Waals surface area contributed by atoms with Crippen LogP contribution in [0.1, 0.15) is 26.2 Å². The first kappa shape index (κ1) is 10.6. The van der Waals surface area contributed by atoms with Crippen LogP contribution in [0.4, 0.5) is 0 Å². The highest BCUT2D eigenvalue weighted by molar-refractivity contribution is 5.77. The molecule has 11 heavy (non-hydrogen) atoms. The highest BCUT2D eigenvalue weighted by Crippen LogP contribution is 2.03. The van der Waals surface area contributed by atoms with Crippen molar-refractivity contribution in [3.63, 3.8) is 0 Å². The maximum atomic E-state index is 10.8. The molecule has 0 saturated heterocycles. The topological polar surface area (TPSA) is 35.5 Å². The fourth-order valence-corrected chi connectivity index (χ4v) is 0.788. The molecule has 0 fully saturated rings. The van der Waals surface area contributed by atoms with Crippen LogP contribution in [0.3, 0.4) is 0 Å². The Hall–Kier alpha value is -0.410. The SMILES string of the molecule is CCC(=O)CCC(OC)OC. The number of carbonyl (C=O) groups is 1. The van der Waals surface area contributed by atoms with Gasteiger partial charge in [0.1, 0.15) is 5.78 Å². The quantitative estimate of drug-likeness (QED) is 0.550. The Labute approximate surface area is 67.7 Å². The summed E-state index contributed by atoms with van der Waals surface area (Å²) in [5.74, 6) is 0.254. The van der Waals surface area contributed by atoms with E-state index in [0.29, 0.717) is 19.3 Å². The molecule has 0 rings (SSSR count). The zero-order valence-electron chi connectivity index (χ0n) is 7.42. The number of rotatable bonds is 6. The molecule has 3 nitrogen and oxygen atoms in total. The van der Waals surface area contributed by atoms with Gasteiger partial charge in [-0.05, 0) is 0 Å². The Morgan fingerprint density at radius 3 is 2.27 bits per heavy atom. The van der Waals surface area contributed by atoms with E-state index in [4.69, 9.17) is 9.47 Å². The van der Waals surface area contributed by atoms with Crippen molar-refractivity contribution in [3.05, 3.63) is 0 Å². The lowest BCUT2D eigenvalue weighted by atomic mass is 10.2.